The molecule has 2 saturated heterocycles. The van der Waals surface area contributed by atoms with Crippen molar-refractivity contribution in [3.05, 3.63) is 17.3 Å². The fourth-order valence-corrected chi connectivity index (χ4v) is 2.47. The van der Waals surface area contributed by atoms with Crippen molar-refractivity contribution in [1.29, 1.82) is 0 Å². The van der Waals surface area contributed by atoms with Gasteiger partial charge in [-0.05, 0) is 31.4 Å². The SMILES string of the molecule is Clc1ccc(NC2CC3CCC2O3)nn1. The van der Waals surface area contributed by atoms with Crippen LogP contribution in [0.1, 0.15) is 19.3 Å². The zero-order chi connectivity index (χ0) is 10.3. The highest BCUT2D eigenvalue weighted by atomic mass is 35.5. The Morgan fingerprint density at radius 3 is 2.87 bits per heavy atom. The standard InChI is InChI=1S/C10H12ClN3O/c11-9-3-4-10(14-13-9)12-7-5-6-1-2-8(7)15-6/h3-4,6-8H,1-2,5H2,(H,12,14). The molecule has 0 amide bonds. The Morgan fingerprint density at radius 1 is 1.33 bits per heavy atom. The van der Waals surface area contributed by atoms with Crippen LogP contribution in [0.4, 0.5) is 5.82 Å². The Hall–Kier alpha value is -0.870. The second-order valence-electron chi connectivity index (χ2n) is 4.10. The summed E-state index contributed by atoms with van der Waals surface area (Å²) in [6.45, 7) is 0. The molecule has 0 aromatic carbocycles. The topological polar surface area (TPSA) is 47.0 Å². The fraction of sp³-hybridized carbons (Fsp3) is 0.600. The molecule has 3 heterocycles. The van der Waals surface area contributed by atoms with Crippen molar-refractivity contribution in [2.45, 2.75) is 37.5 Å². The van der Waals surface area contributed by atoms with Crippen LogP contribution in [0.3, 0.4) is 0 Å². The Bertz CT molecular complexity index is 356. The molecule has 2 fully saturated rings. The summed E-state index contributed by atoms with van der Waals surface area (Å²) in [4.78, 5) is 0. The van der Waals surface area contributed by atoms with Gasteiger partial charge in [0, 0.05) is 0 Å². The fourth-order valence-electron chi connectivity index (χ4n) is 2.37. The molecule has 0 radical (unpaired) electrons. The number of hydrogen-bond acceptors (Lipinski definition) is 4. The Balaban J connectivity index is 1.68. The first-order valence-corrected chi connectivity index (χ1v) is 5.60. The van der Waals surface area contributed by atoms with E-state index in [1.807, 2.05) is 6.07 Å². The third kappa shape index (κ3) is 1.79. The molecule has 3 unspecified atom stereocenters. The number of aromatic nitrogens is 2. The number of ether oxygens (including phenoxy) is 1. The van der Waals surface area contributed by atoms with Crippen LogP contribution in [0.15, 0.2) is 12.1 Å². The first kappa shape index (κ1) is 9.36. The van der Waals surface area contributed by atoms with Gasteiger partial charge >= 0.3 is 0 Å². The molecule has 0 spiro atoms. The maximum Gasteiger partial charge on any atom is 0.151 e. The van der Waals surface area contributed by atoms with Gasteiger partial charge in [0.1, 0.15) is 5.82 Å². The maximum absolute atomic E-state index is 5.74. The van der Waals surface area contributed by atoms with E-state index in [4.69, 9.17) is 16.3 Å². The highest BCUT2D eigenvalue weighted by Crippen LogP contribution is 2.35. The molecule has 80 valence electrons. The van der Waals surface area contributed by atoms with E-state index in [0.717, 1.165) is 18.7 Å². The summed E-state index contributed by atoms with van der Waals surface area (Å²) in [5.74, 6) is 0.778. The van der Waals surface area contributed by atoms with Crippen molar-refractivity contribution in [1.82, 2.24) is 10.2 Å². The van der Waals surface area contributed by atoms with E-state index in [-0.39, 0.29) is 0 Å². The van der Waals surface area contributed by atoms with E-state index in [1.54, 1.807) is 6.07 Å². The summed E-state index contributed by atoms with van der Waals surface area (Å²) in [6.07, 6.45) is 4.24. The summed E-state index contributed by atoms with van der Waals surface area (Å²) in [6, 6.07) is 3.98. The zero-order valence-electron chi connectivity index (χ0n) is 8.19. The third-order valence-electron chi connectivity index (χ3n) is 3.07. The first-order valence-electron chi connectivity index (χ1n) is 5.22. The van der Waals surface area contributed by atoms with Gasteiger partial charge in [0.2, 0.25) is 0 Å². The van der Waals surface area contributed by atoms with Crippen LogP contribution in [-0.4, -0.2) is 28.4 Å². The second kappa shape index (κ2) is 3.61. The van der Waals surface area contributed by atoms with Gasteiger partial charge in [0.15, 0.2) is 5.15 Å². The molecule has 4 nitrogen and oxygen atoms in total. The quantitative estimate of drug-likeness (QED) is 0.835. The molecular weight excluding hydrogens is 214 g/mol. The molecule has 1 aromatic rings. The molecule has 2 aliphatic rings. The number of halogens is 1. The minimum Gasteiger partial charge on any atom is -0.373 e. The smallest absolute Gasteiger partial charge is 0.151 e. The van der Waals surface area contributed by atoms with Crippen LogP contribution < -0.4 is 5.32 Å². The van der Waals surface area contributed by atoms with Crippen molar-refractivity contribution in [2.24, 2.45) is 0 Å². The van der Waals surface area contributed by atoms with Crippen LogP contribution in [-0.2, 0) is 4.74 Å². The van der Waals surface area contributed by atoms with Gasteiger partial charge in [-0.2, -0.15) is 0 Å². The van der Waals surface area contributed by atoms with Crippen LogP contribution in [0, 0.1) is 0 Å². The Labute approximate surface area is 93.0 Å². The van der Waals surface area contributed by atoms with E-state index < -0.39 is 0 Å². The van der Waals surface area contributed by atoms with Crippen LogP contribution >= 0.6 is 11.6 Å². The highest BCUT2D eigenvalue weighted by molar-refractivity contribution is 6.29. The van der Waals surface area contributed by atoms with Crippen LogP contribution in [0.25, 0.3) is 0 Å². The third-order valence-corrected chi connectivity index (χ3v) is 3.27. The van der Waals surface area contributed by atoms with Crippen LogP contribution in [0.5, 0.6) is 0 Å². The van der Waals surface area contributed by atoms with Gasteiger partial charge in [-0.25, -0.2) is 0 Å². The van der Waals surface area contributed by atoms with E-state index in [9.17, 15) is 0 Å². The minimum atomic E-state index is 0.354. The number of fused-ring (bicyclic) bond motifs is 2. The lowest BCUT2D eigenvalue weighted by atomic mass is 9.95. The molecule has 1 aromatic heterocycles. The highest BCUT2D eigenvalue weighted by Gasteiger charge is 2.40. The van der Waals surface area contributed by atoms with Gasteiger partial charge in [-0.15, -0.1) is 10.2 Å². The van der Waals surface area contributed by atoms with Gasteiger partial charge in [-0.1, -0.05) is 11.6 Å². The Kier molecular flexibility index (Phi) is 2.25. The maximum atomic E-state index is 5.74. The lowest BCUT2D eigenvalue weighted by Crippen LogP contribution is -2.30. The molecule has 0 saturated carbocycles. The average Bonchev–Trinajstić information content (AvgIpc) is 2.83. The van der Waals surface area contributed by atoms with Crippen molar-refractivity contribution < 1.29 is 4.74 Å². The summed E-state index contributed by atoms with van der Waals surface area (Å²) in [5.41, 5.74) is 0. The molecule has 2 bridgehead atoms. The average molecular weight is 226 g/mol. The van der Waals surface area contributed by atoms with Gasteiger partial charge < -0.3 is 10.1 Å². The molecule has 1 N–H and O–H groups in total. The molecule has 3 atom stereocenters. The molecule has 2 aliphatic heterocycles. The summed E-state index contributed by atoms with van der Waals surface area (Å²) >= 11 is 5.67. The number of nitrogens with zero attached hydrogens (tertiary/aromatic N) is 2. The van der Waals surface area contributed by atoms with Crippen molar-refractivity contribution in [2.75, 3.05) is 5.32 Å². The molecule has 3 rings (SSSR count). The van der Waals surface area contributed by atoms with Crippen LogP contribution in [0.2, 0.25) is 5.15 Å². The normalized spacial score (nSPS) is 33.3. The van der Waals surface area contributed by atoms with Crippen molar-refractivity contribution in [3.8, 4) is 0 Å². The molecular formula is C10H12ClN3O. The summed E-state index contributed by atoms with van der Waals surface area (Å²) in [5, 5.41) is 11.5. The molecule has 15 heavy (non-hydrogen) atoms. The predicted molar refractivity (Wildman–Crippen MR) is 57.0 cm³/mol. The number of nitrogens with one attached hydrogen (secondary N) is 1. The van der Waals surface area contributed by atoms with E-state index >= 15 is 0 Å². The Morgan fingerprint density at radius 2 is 2.27 bits per heavy atom. The van der Waals surface area contributed by atoms with E-state index in [2.05, 4.69) is 15.5 Å². The molecule has 5 heteroatoms. The van der Waals surface area contributed by atoms with Gasteiger partial charge in [0.05, 0.1) is 18.2 Å². The largest absolute Gasteiger partial charge is 0.373 e. The lowest BCUT2D eigenvalue weighted by molar-refractivity contribution is 0.102. The lowest BCUT2D eigenvalue weighted by Gasteiger charge is -2.19. The summed E-state index contributed by atoms with van der Waals surface area (Å²) < 4.78 is 5.74. The van der Waals surface area contributed by atoms with E-state index in [0.29, 0.717) is 23.4 Å². The van der Waals surface area contributed by atoms with Gasteiger partial charge in [-0.3, -0.25) is 0 Å². The van der Waals surface area contributed by atoms with Gasteiger partial charge in [0.25, 0.3) is 0 Å². The number of anilines is 1. The molecule has 0 aliphatic carbocycles. The minimum absolute atomic E-state index is 0.354. The predicted octanol–water partition coefficient (Wildman–Crippen LogP) is 1.86. The van der Waals surface area contributed by atoms with E-state index in [1.165, 1.54) is 6.42 Å². The van der Waals surface area contributed by atoms with Crippen molar-refractivity contribution in [3.63, 3.8) is 0 Å². The van der Waals surface area contributed by atoms with Crippen molar-refractivity contribution >= 4 is 17.4 Å². The summed E-state index contributed by atoms with van der Waals surface area (Å²) in [7, 11) is 0. The number of rotatable bonds is 2. The number of hydrogen-bond donors (Lipinski definition) is 1. The second-order valence-corrected chi connectivity index (χ2v) is 4.49. The monoisotopic (exact) mass is 225 g/mol. The zero-order valence-corrected chi connectivity index (χ0v) is 8.94. The first-order chi connectivity index (χ1) is 7.31.